The molecule has 3 unspecified atom stereocenters. The molecule has 0 saturated carbocycles. The molecule has 12 nitrogen and oxygen atoms in total. The van der Waals surface area contributed by atoms with Crippen LogP contribution < -0.4 is 0 Å². The van der Waals surface area contributed by atoms with Crippen molar-refractivity contribution in [1.82, 2.24) is 9.78 Å². The van der Waals surface area contributed by atoms with Gasteiger partial charge in [-0.15, -0.1) is 0 Å². The van der Waals surface area contributed by atoms with Gasteiger partial charge in [-0.2, -0.15) is 5.10 Å². The first kappa shape index (κ1) is 30.3. The Hall–Kier alpha value is -3.77. The van der Waals surface area contributed by atoms with E-state index >= 15 is 0 Å². The van der Waals surface area contributed by atoms with Crippen LogP contribution >= 0.6 is 0 Å². The summed E-state index contributed by atoms with van der Waals surface area (Å²) in [4.78, 5) is 40.4. The van der Waals surface area contributed by atoms with Crippen LogP contribution in [0.3, 0.4) is 0 Å². The lowest BCUT2D eigenvalue weighted by atomic mass is 10.1. The highest BCUT2D eigenvalue weighted by Crippen LogP contribution is 2.24. The maximum atomic E-state index is 11.3. The molecule has 1 aromatic carbocycles. The zero-order chi connectivity index (χ0) is 27.1. The van der Waals surface area contributed by atoms with Crippen molar-refractivity contribution in [3.63, 3.8) is 0 Å². The summed E-state index contributed by atoms with van der Waals surface area (Å²) in [6.45, 7) is 5.26. The van der Waals surface area contributed by atoms with Gasteiger partial charge in [0, 0.05) is 52.3 Å². The van der Waals surface area contributed by atoms with Crippen LogP contribution in [0, 0.1) is 0 Å². The van der Waals surface area contributed by atoms with Crippen LogP contribution in [-0.2, 0) is 44.7 Å². The standard InChI is InChI=1S/C20H24N2O6.2C2H4O2/c1-14(23)25-13-19-8-18(27-15(2)24)9-20(28-19)26-12-16-10-21-22(11-16)17-6-4-3-5-7-17;2*1-2(3)4/h3-7,10-11,18-20H,8-9,12-13H2,1-2H3;2*1H3,(H,3,4). The molecule has 2 heterocycles. The fourth-order valence-electron chi connectivity index (χ4n) is 3.03. The molecule has 2 aromatic rings. The minimum absolute atomic E-state index is 0.0961. The largest absolute Gasteiger partial charge is 0.481 e. The van der Waals surface area contributed by atoms with Crippen LogP contribution in [0.15, 0.2) is 42.7 Å². The number of para-hydroxylation sites is 1. The Kier molecular flexibility index (Phi) is 13.5. The number of carboxylic acid groups (broad SMARTS) is 2. The van der Waals surface area contributed by atoms with Crippen molar-refractivity contribution in [2.45, 2.75) is 65.6 Å². The number of aromatic nitrogens is 2. The van der Waals surface area contributed by atoms with Gasteiger partial charge in [0.1, 0.15) is 12.7 Å². The molecule has 2 N–H and O–H groups in total. The van der Waals surface area contributed by atoms with Crippen LogP contribution in [0.5, 0.6) is 0 Å². The Labute approximate surface area is 208 Å². The van der Waals surface area contributed by atoms with E-state index in [1.165, 1.54) is 13.8 Å². The Balaban J connectivity index is 0.000000709. The second-order valence-corrected chi connectivity index (χ2v) is 7.67. The highest BCUT2D eigenvalue weighted by Gasteiger charge is 2.32. The number of carbonyl (C=O) groups excluding carboxylic acids is 2. The van der Waals surface area contributed by atoms with Gasteiger partial charge in [-0.05, 0) is 12.1 Å². The molecule has 1 aromatic heterocycles. The van der Waals surface area contributed by atoms with Crippen LogP contribution in [0.4, 0.5) is 0 Å². The van der Waals surface area contributed by atoms with E-state index in [2.05, 4.69) is 5.10 Å². The van der Waals surface area contributed by atoms with E-state index in [-0.39, 0.29) is 30.8 Å². The molecule has 1 fully saturated rings. The second-order valence-electron chi connectivity index (χ2n) is 7.67. The van der Waals surface area contributed by atoms with E-state index < -0.39 is 18.2 Å². The molecule has 1 aliphatic heterocycles. The molecule has 0 amide bonds. The summed E-state index contributed by atoms with van der Waals surface area (Å²) in [5.74, 6) is -2.41. The first-order valence-electron chi connectivity index (χ1n) is 11.0. The number of rotatable bonds is 7. The molecule has 12 heteroatoms. The van der Waals surface area contributed by atoms with Gasteiger partial charge in [-0.25, -0.2) is 4.68 Å². The summed E-state index contributed by atoms with van der Waals surface area (Å²) in [5, 5.41) is 19.2. The van der Waals surface area contributed by atoms with Gasteiger partial charge < -0.3 is 29.2 Å². The molecule has 0 spiro atoms. The van der Waals surface area contributed by atoms with Gasteiger partial charge >= 0.3 is 11.9 Å². The molecule has 1 saturated heterocycles. The predicted octanol–water partition coefficient (Wildman–Crippen LogP) is 2.57. The number of aliphatic carboxylic acids is 2. The Morgan fingerprint density at radius 3 is 2.17 bits per heavy atom. The van der Waals surface area contributed by atoms with Crippen LogP contribution in [0.2, 0.25) is 0 Å². The summed E-state index contributed by atoms with van der Waals surface area (Å²) in [6.07, 6.45) is 3.19. The number of hydrogen-bond acceptors (Lipinski definition) is 9. The average Bonchev–Trinajstić information content (AvgIpc) is 3.25. The van der Waals surface area contributed by atoms with Crippen molar-refractivity contribution < 1.29 is 48.3 Å². The highest BCUT2D eigenvalue weighted by atomic mass is 16.7. The zero-order valence-corrected chi connectivity index (χ0v) is 20.7. The summed E-state index contributed by atoms with van der Waals surface area (Å²) < 4.78 is 23.8. The number of esters is 2. The fourth-order valence-corrected chi connectivity index (χ4v) is 3.03. The van der Waals surface area contributed by atoms with E-state index in [1.807, 2.05) is 36.5 Å². The van der Waals surface area contributed by atoms with Gasteiger partial charge in [0.15, 0.2) is 6.29 Å². The first-order chi connectivity index (χ1) is 17.0. The smallest absolute Gasteiger partial charge is 0.302 e. The molecular formula is C24H32N2O10. The quantitative estimate of drug-likeness (QED) is 0.528. The summed E-state index contributed by atoms with van der Waals surface area (Å²) in [7, 11) is 0. The lowest BCUT2D eigenvalue weighted by Crippen LogP contribution is -2.41. The lowest BCUT2D eigenvalue weighted by molar-refractivity contribution is -0.233. The minimum atomic E-state index is -0.833. The van der Waals surface area contributed by atoms with Crippen molar-refractivity contribution in [2.24, 2.45) is 0 Å². The van der Waals surface area contributed by atoms with Gasteiger partial charge in [0.05, 0.1) is 24.6 Å². The molecule has 3 atom stereocenters. The highest BCUT2D eigenvalue weighted by molar-refractivity contribution is 5.66. The van der Waals surface area contributed by atoms with Crippen molar-refractivity contribution in [3.05, 3.63) is 48.3 Å². The molecule has 36 heavy (non-hydrogen) atoms. The third kappa shape index (κ3) is 13.8. The van der Waals surface area contributed by atoms with Crippen molar-refractivity contribution >= 4 is 23.9 Å². The average molecular weight is 509 g/mol. The normalized spacial score (nSPS) is 18.4. The van der Waals surface area contributed by atoms with E-state index in [4.69, 9.17) is 38.7 Å². The topological polar surface area (TPSA) is 163 Å². The maximum Gasteiger partial charge on any atom is 0.302 e. The Bertz CT molecular complexity index is 956. The van der Waals surface area contributed by atoms with Crippen molar-refractivity contribution in [1.29, 1.82) is 0 Å². The van der Waals surface area contributed by atoms with E-state index in [0.29, 0.717) is 19.4 Å². The lowest BCUT2D eigenvalue weighted by Gasteiger charge is -2.34. The number of nitrogens with zero attached hydrogens (tertiary/aromatic N) is 2. The third-order valence-electron chi connectivity index (χ3n) is 4.22. The number of carboxylic acids is 2. The molecular weight excluding hydrogens is 476 g/mol. The number of hydrogen-bond donors (Lipinski definition) is 2. The minimum Gasteiger partial charge on any atom is -0.481 e. The molecule has 0 radical (unpaired) electrons. The fraction of sp³-hybridized carbons (Fsp3) is 0.458. The van der Waals surface area contributed by atoms with Crippen molar-refractivity contribution in [3.8, 4) is 5.69 Å². The Morgan fingerprint density at radius 2 is 1.61 bits per heavy atom. The van der Waals surface area contributed by atoms with E-state index in [9.17, 15) is 9.59 Å². The Morgan fingerprint density at radius 1 is 1.00 bits per heavy atom. The van der Waals surface area contributed by atoms with Crippen molar-refractivity contribution in [2.75, 3.05) is 6.61 Å². The van der Waals surface area contributed by atoms with Gasteiger partial charge in [0.25, 0.3) is 11.9 Å². The zero-order valence-electron chi connectivity index (χ0n) is 20.7. The van der Waals surface area contributed by atoms with E-state index in [1.54, 1.807) is 10.9 Å². The number of ether oxygens (including phenoxy) is 4. The molecule has 3 rings (SSSR count). The predicted molar refractivity (Wildman–Crippen MR) is 125 cm³/mol. The molecule has 198 valence electrons. The van der Waals surface area contributed by atoms with Crippen LogP contribution in [0.1, 0.15) is 46.1 Å². The number of benzene rings is 1. The second kappa shape index (κ2) is 16.0. The van der Waals surface area contributed by atoms with Crippen LogP contribution in [0.25, 0.3) is 5.69 Å². The molecule has 1 aliphatic rings. The first-order valence-corrected chi connectivity index (χ1v) is 11.0. The SMILES string of the molecule is CC(=O)O.CC(=O)O.CC(=O)OCC1CC(OC(C)=O)CC(OCc2cnn(-c3ccccc3)c2)O1. The maximum absolute atomic E-state index is 11.3. The van der Waals surface area contributed by atoms with Gasteiger partial charge in [0.2, 0.25) is 0 Å². The summed E-state index contributed by atoms with van der Waals surface area (Å²) in [6, 6.07) is 9.77. The van der Waals surface area contributed by atoms with Gasteiger partial charge in [-0.1, -0.05) is 18.2 Å². The number of carbonyl (C=O) groups is 4. The monoisotopic (exact) mass is 508 g/mol. The van der Waals surface area contributed by atoms with Crippen LogP contribution in [-0.4, -0.2) is 69.0 Å². The summed E-state index contributed by atoms with van der Waals surface area (Å²) >= 11 is 0. The third-order valence-corrected chi connectivity index (χ3v) is 4.22. The molecule has 0 bridgehead atoms. The van der Waals surface area contributed by atoms with Gasteiger partial charge in [-0.3, -0.25) is 19.2 Å². The van der Waals surface area contributed by atoms with E-state index in [0.717, 1.165) is 25.1 Å². The molecule has 0 aliphatic carbocycles. The summed E-state index contributed by atoms with van der Waals surface area (Å²) in [5.41, 5.74) is 1.85.